The fourth-order valence-electron chi connectivity index (χ4n) is 3.48. The van der Waals surface area contributed by atoms with Crippen molar-refractivity contribution in [3.05, 3.63) is 60.4 Å². The predicted molar refractivity (Wildman–Crippen MR) is 99.7 cm³/mol. The third-order valence-electron chi connectivity index (χ3n) is 4.89. The maximum absolute atomic E-state index is 12.8. The van der Waals surface area contributed by atoms with Gasteiger partial charge in [0, 0.05) is 31.9 Å². The largest absolute Gasteiger partial charge is 0.368 e. The van der Waals surface area contributed by atoms with Crippen molar-refractivity contribution >= 4 is 22.6 Å². The van der Waals surface area contributed by atoms with Gasteiger partial charge >= 0.3 is 0 Å². The van der Waals surface area contributed by atoms with E-state index < -0.39 is 0 Å². The monoisotopic (exact) mass is 334 g/mol. The van der Waals surface area contributed by atoms with Crippen LogP contribution in [-0.4, -0.2) is 46.5 Å². The van der Waals surface area contributed by atoms with Gasteiger partial charge in [0.25, 0.3) is 0 Å². The van der Waals surface area contributed by atoms with E-state index in [9.17, 15) is 4.79 Å². The molecule has 1 aromatic heterocycles. The third-order valence-corrected chi connectivity index (χ3v) is 4.89. The highest BCUT2D eigenvalue weighted by Gasteiger charge is 2.22. The van der Waals surface area contributed by atoms with Crippen LogP contribution in [0.15, 0.2) is 54.6 Å². The van der Waals surface area contributed by atoms with Crippen LogP contribution >= 0.6 is 0 Å². The van der Waals surface area contributed by atoms with Crippen molar-refractivity contribution in [1.29, 1.82) is 0 Å². The number of carbonyl (C=O) groups excluding carboxylic acids is 1. The Labute approximate surface area is 147 Å². The van der Waals surface area contributed by atoms with Gasteiger partial charge in [-0.1, -0.05) is 30.3 Å². The Morgan fingerprint density at radius 2 is 1.64 bits per heavy atom. The molecule has 5 nitrogen and oxygen atoms in total. The van der Waals surface area contributed by atoms with Crippen LogP contribution in [0.25, 0.3) is 11.0 Å². The molecule has 2 aromatic carbocycles. The molecule has 3 aromatic rings. The number of aryl methyl sites for hydroxylation is 1. The molecule has 0 atom stereocenters. The van der Waals surface area contributed by atoms with Crippen LogP contribution in [-0.2, 0) is 11.3 Å². The smallest absolute Gasteiger partial charge is 0.242 e. The summed E-state index contributed by atoms with van der Waals surface area (Å²) in [5, 5.41) is 0. The summed E-state index contributed by atoms with van der Waals surface area (Å²) < 4.78 is 2.02. The number of hydrogen-bond donors (Lipinski definition) is 0. The molecule has 1 amide bonds. The minimum absolute atomic E-state index is 0.166. The first-order valence-corrected chi connectivity index (χ1v) is 8.72. The molecule has 2 heterocycles. The Morgan fingerprint density at radius 1 is 0.960 bits per heavy atom. The van der Waals surface area contributed by atoms with Gasteiger partial charge in [0.2, 0.25) is 5.91 Å². The minimum Gasteiger partial charge on any atom is -0.368 e. The van der Waals surface area contributed by atoms with Crippen molar-refractivity contribution in [1.82, 2.24) is 14.5 Å². The van der Waals surface area contributed by atoms with E-state index in [1.165, 1.54) is 5.69 Å². The van der Waals surface area contributed by atoms with Gasteiger partial charge in [0.1, 0.15) is 12.4 Å². The van der Waals surface area contributed by atoms with E-state index >= 15 is 0 Å². The molecule has 4 rings (SSSR count). The average molecular weight is 334 g/mol. The standard InChI is InChI=1S/C20H22N4O/c1-16-21-18-9-5-6-10-19(18)24(16)15-20(25)23-13-11-22(12-14-23)17-7-3-2-4-8-17/h2-10H,11-15H2,1H3. The lowest BCUT2D eigenvalue weighted by molar-refractivity contribution is -0.132. The SMILES string of the molecule is Cc1nc2ccccc2n1CC(=O)N1CCN(c2ccccc2)CC1. The normalized spacial score (nSPS) is 14.9. The van der Waals surface area contributed by atoms with E-state index in [-0.39, 0.29) is 5.91 Å². The molecule has 1 aliphatic heterocycles. The number of hydrogen-bond acceptors (Lipinski definition) is 3. The zero-order valence-corrected chi connectivity index (χ0v) is 14.4. The molecular formula is C20H22N4O. The van der Waals surface area contributed by atoms with Crippen LogP contribution in [0.5, 0.6) is 0 Å². The van der Waals surface area contributed by atoms with Crippen LogP contribution in [0.4, 0.5) is 5.69 Å². The van der Waals surface area contributed by atoms with E-state index in [0.717, 1.165) is 43.0 Å². The van der Waals surface area contributed by atoms with Crippen LogP contribution in [0, 0.1) is 6.92 Å². The molecule has 0 unspecified atom stereocenters. The maximum Gasteiger partial charge on any atom is 0.242 e. The van der Waals surface area contributed by atoms with Crippen LogP contribution in [0.2, 0.25) is 0 Å². The zero-order valence-electron chi connectivity index (χ0n) is 14.4. The number of benzene rings is 2. The number of amides is 1. The molecular weight excluding hydrogens is 312 g/mol. The number of para-hydroxylation sites is 3. The lowest BCUT2D eigenvalue weighted by Crippen LogP contribution is -2.49. The van der Waals surface area contributed by atoms with Gasteiger partial charge < -0.3 is 14.4 Å². The van der Waals surface area contributed by atoms with E-state index in [1.54, 1.807) is 0 Å². The predicted octanol–water partition coefficient (Wildman–Crippen LogP) is 2.69. The van der Waals surface area contributed by atoms with Crippen molar-refractivity contribution in [3.8, 4) is 0 Å². The zero-order chi connectivity index (χ0) is 17.2. The van der Waals surface area contributed by atoms with E-state index in [1.807, 2.05) is 46.7 Å². The summed E-state index contributed by atoms with van der Waals surface area (Å²) in [6.45, 7) is 5.59. The summed E-state index contributed by atoms with van der Waals surface area (Å²) in [6.07, 6.45) is 0. The molecule has 1 aliphatic rings. The minimum atomic E-state index is 0.166. The highest BCUT2D eigenvalue weighted by Crippen LogP contribution is 2.18. The summed E-state index contributed by atoms with van der Waals surface area (Å²) in [7, 11) is 0. The Hall–Kier alpha value is -2.82. The second-order valence-electron chi connectivity index (χ2n) is 6.44. The second kappa shape index (κ2) is 6.59. The van der Waals surface area contributed by atoms with Crippen molar-refractivity contribution in [2.75, 3.05) is 31.1 Å². The summed E-state index contributed by atoms with van der Waals surface area (Å²) in [5.74, 6) is 1.05. The maximum atomic E-state index is 12.8. The number of nitrogens with zero attached hydrogens (tertiary/aromatic N) is 4. The van der Waals surface area contributed by atoms with Crippen LogP contribution < -0.4 is 4.90 Å². The van der Waals surface area contributed by atoms with Gasteiger partial charge in [-0.05, 0) is 31.2 Å². The van der Waals surface area contributed by atoms with Gasteiger partial charge in [0.05, 0.1) is 11.0 Å². The van der Waals surface area contributed by atoms with E-state index in [4.69, 9.17) is 0 Å². The molecule has 0 bridgehead atoms. The molecule has 0 spiro atoms. The molecule has 1 fully saturated rings. The highest BCUT2D eigenvalue weighted by atomic mass is 16.2. The summed E-state index contributed by atoms with van der Waals surface area (Å²) in [5.41, 5.74) is 3.20. The fourth-order valence-corrected chi connectivity index (χ4v) is 3.48. The number of anilines is 1. The summed E-state index contributed by atoms with van der Waals surface area (Å²) in [6, 6.07) is 18.4. The molecule has 0 N–H and O–H groups in total. The lowest BCUT2D eigenvalue weighted by atomic mass is 10.2. The number of piperazine rings is 1. The summed E-state index contributed by atoms with van der Waals surface area (Å²) >= 11 is 0. The molecule has 0 radical (unpaired) electrons. The molecule has 0 saturated carbocycles. The van der Waals surface area contributed by atoms with Gasteiger partial charge in [0.15, 0.2) is 0 Å². The third kappa shape index (κ3) is 3.09. The Kier molecular flexibility index (Phi) is 4.14. The average Bonchev–Trinajstić information content (AvgIpc) is 2.98. The van der Waals surface area contributed by atoms with Gasteiger partial charge in [-0.25, -0.2) is 4.98 Å². The number of imidazole rings is 1. The summed E-state index contributed by atoms with van der Waals surface area (Å²) in [4.78, 5) is 21.6. The number of rotatable bonds is 3. The van der Waals surface area contributed by atoms with Crippen LogP contribution in [0.3, 0.4) is 0 Å². The van der Waals surface area contributed by atoms with Gasteiger partial charge in [-0.3, -0.25) is 4.79 Å². The highest BCUT2D eigenvalue weighted by molar-refractivity contribution is 5.81. The van der Waals surface area contributed by atoms with Gasteiger partial charge in [-0.15, -0.1) is 0 Å². The molecule has 25 heavy (non-hydrogen) atoms. The number of fused-ring (bicyclic) bond motifs is 1. The molecule has 1 saturated heterocycles. The lowest BCUT2D eigenvalue weighted by Gasteiger charge is -2.36. The molecule has 0 aliphatic carbocycles. The first-order chi connectivity index (χ1) is 12.2. The van der Waals surface area contributed by atoms with Crippen molar-refractivity contribution in [2.24, 2.45) is 0 Å². The Bertz CT molecular complexity index is 879. The number of aromatic nitrogens is 2. The van der Waals surface area contributed by atoms with Crippen molar-refractivity contribution < 1.29 is 4.79 Å². The van der Waals surface area contributed by atoms with E-state index in [2.05, 4.69) is 34.1 Å². The first-order valence-electron chi connectivity index (χ1n) is 8.72. The Morgan fingerprint density at radius 3 is 2.40 bits per heavy atom. The van der Waals surface area contributed by atoms with Gasteiger partial charge in [-0.2, -0.15) is 0 Å². The quantitative estimate of drug-likeness (QED) is 0.739. The molecule has 128 valence electrons. The topological polar surface area (TPSA) is 41.4 Å². The van der Waals surface area contributed by atoms with Crippen molar-refractivity contribution in [3.63, 3.8) is 0 Å². The molecule has 5 heteroatoms. The van der Waals surface area contributed by atoms with E-state index in [0.29, 0.717) is 6.54 Å². The number of carbonyl (C=O) groups is 1. The van der Waals surface area contributed by atoms with Crippen molar-refractivity contribution in [2.45, 2.75) is 13.5 Å². The second-order valence-corrected chi connectivity index (χ2v) is 6.44. The Balaban J connectivity index is 1.43. The first kappa shape index (κ1) is 15.7. The van der Waals surface area contributed by atoms with Crippen LogP contribution in [0.1, 0.15) is 5.82 Å². The fraction of sp³-hybridized carbons (Fsp3) is 0.300.